The Morgan fingerprint density at radius 3 is 1.71 bits per heavy atom. The number of carboxylic acids is 2. The van der Waals surface area contributed by atoms with Crippen LogP contribution in [0.3, 0.4) is 0 Å². The monoisotopic (exact) mass is 202 g/mol. The lowest BCUT2D eigenvalue weighted by Gasteiger charge is -2.26. The maximum Gasteiger partial charge on any atom is 0.310 e. The van der Waals surface area contributed by atoms with Crippen LogP contribution in [0.25, 0.3) is 0 Å². The van der Waals surface area contributed by atoms with Crippen LogP contribution in [0.5, 0.6) is 0 Å². The number of carbonyl (C=O) groups is 2. The van der Waals surface area contributed by atoms with Gasteiger partial charge in [0.25, 0.3) is 0 Å². The summed E-state index contributed by atoms with van der Waals surface area (Å²) in [5.41, 5.74) is -1.06. The van der Waals surface area contributed by atoms with Gasteiger partial charge >= 0.3 is 11.9 Å². The molecule has 0 saturated carbocycles. The molecule has 0 amide bonds. The van der Waals surface area contributed by atoms with Crippen LogP contribution in [-0.2, 0) is 9.59 Å². The molecule has 0 unspecified atom stereocenters. The SMILES string of the molecule is CCCC(CCC)(CC(=O)O)C(=O)O. The van der Waals surface area contributed by atoms with Crippen LogP contribution in [-0.4, -0.2) is 22.2 Å². The van der Waals surface area contributed by atoms with Gasteiger partial charge in [0, 0.05) is 0 Å². The van der Waals surface area contributed by atoms with Crippen molar-refractivity contribution in [2.75, 3.05) is 0 Å². The lowest BCUT2D eigenvalue weighted by Crippen LogP contribution is -2.33. The van der Waals surface area contributed by atoms with Crippen molar-refractivity contribution in [2.45, 2.75) is 46.0 Å². The van der Waals surface area contributed by atoms with E-state index in [0.29, 0.717) is 25.7 Å². The molecule has 0 spiro atoms. The minimum absolute atomic E-state index is 0.274. The molecule has 0 aromatic rings. The van der Waals surface area contributed by atoms with Crippen LogP contribution in [0.15, 0.2) is 0 Å². The summed E-state index contributed by atoms with van der Waals surface area (Å²) in [7, 11) is 0. The maximum absolute atomic E-state index is 11.1. The summed E-state index contributed by atoms with van der Waals surface area (Å²) in [6, 6.07) is 0. The van der Waals surface area contributed by atoms with Crippen molar-refractivity contribution in [1.82, 2.24) is 0 Å². The van der Waals surface area contributed by atoms with Gasteiger partial charge in [-0.1, -0.05) is 26.7 Å². The first-order chi connectivity index (χ1) is 6.48. The van der Waals surface area contributed by atoms with Crippen LogP contribution in [0.4, 0.5) is 0 Å². The average Bonchev–Trinajstić information content (AvgIpc) is 2.03. The van der Waals surface area contributed by atoms with E-state index in [2.05, 4.69) is 0 Å². The molecule has 0 bridgehead atoms. The second-order valence-corrected chi connectivity index (χ2v) is 3.66. The molecule has 0 aliphatic rings. The highest BCUT2D eigenvalue weighted by atomic mass is 16.4. The first-order valence-electron chi connectivity index (χ1n) is 4.93. The topological polar surface area (TPSA) is 74.6 Å². The molecule has 0 aromatic heterocycles. The van der Waals surface area contributed by atoms with Gasteiger partial charge in [-0.2, -0.15) is 0 Å². The van der Waals surface area contributed by atoms with Crippen molar-refractivity contribution in [3.8, 4) is 0 Å². The molecular weight excluding hydrogens is 184 g/mol. The number of hydrogen-bond acceptors (Lipinski definition) is 2. The van der Waals surface area contributed by atoms with Crippen molar-refractivity contribution >= 4 is 11.9 Å². The van der Waals surface area contributed by atoms with E-state index in [1.807, 2.05) is 13.8 Å². The first-order valence-corrected chi connectivity index (χ1v) is 4.93. The lowest BCUT2D eigenvalue weighted by molar-refractivity contribution is -0.156. The fraction of sp³-hybridized carbons (Fsp3) is 0.800. The molecule has 14 heavy (non-hydrogen) atoms. The standard InChI is InChI=1S/C10H18O4/c1-3-5-10(6-4-2,9(13)14)7-8(11)12/h3-7H2,1-2H3,(H,11,12)(H,13,14). The van der Waals surface area contributed by atoms with Gasteiger partial charge in [-0.3, -0.25) is 9.59 Å². The third kappa shape index (κ3) is 3.36. The predicted octanol–water partition coefficient (Wildman–Crippen LogP) is 2.13. The fourth-order valence-corrected chi connectivity index (χ4v) is 1.84. The Hall–Kier alpha value is -1.06. The van der Waals surface area contributed by atoms with Crippen LogP contribution in [0, 0.1) is 5.41 Å². The Morgan fingerprint density at radius 1 is 1.07 bits per heavy atom. The number of hydrogen-bond donors (Lipinski definition) is 2. The minimum atomic E-state index is -1.06. The van der Waals surface area contributed by atoms with Crippen molar-refractivity contribution in [3.63, 3.8) is 0 Å². The molecule has 4 nitrogen and oxygen atoms in total. The summed E-state index contributed by atoms with van der Waals surface area (Å²) in [5.74, 6) is -2.02. The van der Waals surface area contributed by atoms with E-state index in [4.69, 9.17) is 10.2 Å². The maximum atomic E-state index is 11.1. The van der Waals surface area contributed by atoms with Gasteiger partial charge in [0.05, 0.1) is 11.8 Å². The zero-order chi connectivity index (χ0) is 11.2. The smallest absolute Gasteiger partial charge is 0.310 e. The minimum Gasteiger partial charge on any atom is -0.481 e. The van der Waals surface area contributed by atoms with E-state index in [-0.39, 0.29) is 6.42 Å². The molecule has 0 radical (unpaired) electrons. The van der Waals surface area contributed by atoms with Crippen molar-refractivity contribution in [1.29, 1.82) is 0 Å². The zero-order valence-corrected chi connectivity index (χ0v) is 8.75. The molecule has 4 heteroatoms. The normalized spacial score (nSPS) is 11.3. The molecule has 0 rings (SSSR count). The van der Waals surface area contributed by atoms with Gasteiger partial charge in [0.15, 0.2) is 0 Å². The van der Waals surface area contributed by atoms with Gasteiger partial charge in [-0.05, 0) is 12.8 Å². The predicted molar refractivity (Wildman–Crippen MR) is 52.1 cm³/mol. The second-order valence-electron chi connectivity index (χ2n) is 3.66. The molecule has 0 aliphatic heterocycles. The Morgan fingerprint density at radius 2 is 1.50 bits per heavy atom. The number of rotatable bonds is 7. The summed E-state index contributed by atoms with van der Waals surface area (Å²) in [6.07, 6.45) is 1.98. The van der Waals surface area contributed by atoms with Gasteiger partial charge in [-0.15, -0.1) is 0 Å². The largest absolute Gasteiger partial charge is 0.481 e. The summed E-state index contributed by atoms with van der Waals surface area (Å²) in [5, 5.41) is 17.8. The summed E-state index contributed by atoms with van der Waals surface area (Å²) >= 11 is 0. The van der Waals surface area contributed by atoms with Crippen LogP contribution >= 0.6 is 0 Å². The van der Waals surface area contributed by atoms with E-state index in [1.165, 1.54) is 0 Å². The molecule has 0 aliphatic carbocycles. The Balaban J connectivity index is 4.73. The molecule has 0 aromatic carbocycles. The highest BCUT2D eigenvalue weighted by Gasteiger charge is 2.38. The van der Waals surface area contributed by atoms with Gasteiger partial charge < -0.3 is 10.2 Å². The molecule has 2 N–H and O–H groups in total. The lowest BCUT2D eigenvalue weighted by atomic mass is 9.76. The molecular formula is C10H18O4. The van der Waals surface area contributed by atoms with Crippen LogP contribution < -0.4 is 0 Å². The van der Waals surface area contributed by atoms with Crippen LogP contribution in [0.2, 0.25) is 0 Å². The quantitative estimate of drug-likeness (QED) is 0.663. The first kappa shape index (κ1) is 12.9. The van der Waals surface area contributed by atoms with E-state index >= 15 is 0 Å². The third-order valence-electron chi connectivity index (χ3n) is 2.40. The average molecular weight is 202 g/mol. The highest BCUT2D eigenvalue weighted by Crippen LogP contribution is 2.34. The second kappa shape index (κ2) is 5.62. The van der Waals surface area contributed by atoms with Crippen molar-refractivity contribution < 1.29 is 19.8 Å². The molecule has 0 atom stereocenters. The molecule has 0 fully saturated rings. The summed E-state index contributed by atoms with van der Waals surface area (Å²) in [6.45, 7) is 3.74. The van der Waals surface area contributed by atoms with Gasteiger partial charge in [0.2, 0.25) is 0 Å². The summed E-state index contributed by atoms with van der Waals surface area (Å²) < 4.78 is 0. The van der Waals surface area contributed by atoms with E-state index in [1.54, 1.807) is 0 Å². The van der Waals surface area contributed by atoms with Gasteiger partial charge in [-0.25, -0.2) is 0 Å². The van der Waals surface area contributed by atoms with E-state index in [0.717, 1.165) is 0 Å². The Kier molecular flexibility index (Phi) is 5.20. The van der Waals surface area contributed by atoms with Crippen molar-refractivity contribution in [2.24, 2.45) is 5.41 Å². The molecule has 0 heterocycles. The number of carboxylic acid groups (broad SMARTS) is 2. The third-order valence-corrected chi connectivity index (χ3v) is 2.40. The van der Waals surface area contributed by atoms with E-state index in [9.17, 15) is 9.59 Å². The highest BCUT2D eigenvalue weighted by molar-refractivity contribution is 5.81. The van der Waals surface area contributed by atoms with E-state index < -0.39 is 17.4 Å². The van der Waals surface area contributed by atoms with Crippen LogP contribution in [0.1, 0.15) is 46.0 Å². The van der Waals surface area contributed by atoms with Crippen molar-refractivity contribution in [3.05, 3.63) is 0 Å². The molecule has 0 saturated heterocycles. The molecule has 82 valence electrons. The zero-order valence-electron chi connectivity index (χ0n) is 8.75. The Labute approximate surface area is 83.9 Å². The number of aliphatic carboxylic acids is 2. The van der Waals surface area contributed by atoms with Gasteiger partial charge in [0.1, 0.15) is 0 Å². The summed E-state index contributed by atoms with van der Waals surface area (Å²) in [4.78, 5) is 21.7. The fourth-order valence-electron chi connectivity index (χ4n) is 1.84. The Bertz CT molecular complexity index is 204.